The van der Waals surface area contributed by atoms with E-state index in [1.165, 1.54) is 11.1 Å². The van der Waals surface area contributed by atoms with E-state index in [4.69, 9.17) is 10.7 Å². The van der Waals surface area contributed by atoms with Crippen molar-refractivity contribution in [3.8, 4) is 0 Å². The van der Waals surface area contributed by atoms with Gasteiger partial charge in [0.2, 0.25) is 5.91 Å². The van der Waals surface area contributed by atoms with Gasteiger partial charge in [0.15, 0.2) is 5.96 Å². The summed E-state index contributed by atoms with van der Waals surface area (Å²) < 4.78 is 0. The first-order chi connectivity index (χ1) is 15.5. The van der Waals surface area contributed by atoms with Crippen molar-refractivity contribution in [2.45, 2.75) is 46.1 Å². The van der Waals surface area contributed by atoms with Gasteiger partial charge in [-0.05, 0) is 44.2 Å². The fraction of sp³-hybridized carbons (Fsp3) is 0.480. The van der Waals surface area contributed by atoms with Gasteiger partial charge in [-0.3, -0.25) is 4.79 Å². The highest BCUT2D eigenvalue weighted by molar-refractivity contribution is 5.80. The molecule has 0 saturated carbocycles. The second-order valence-electron chi connectivity index (χ2n) is 8.56. The van der Waals surface area contributed by atoms with Crippen molar-refractivity contribution in [1.82, 2.24) is 15.6 Å². The highest BCUT2D eigenvalue weighted by Gasteiger charge is 2.25. The summed E-state index contributed by atoms with van der Waals surface area (Å²) in [6, 6.07) is 12.6. The third-order valence-electron chi connectivity index (χ3n) is 5.93. The average Bonchev–Trinajstić information content (AvgIpc) is 2.81. The number of hydrogen-bond donors (Lipinski definition) is 3. The maximum atomic E-state index is 11.7. The minimum Gasteiger partial charge on any atom is -0.369 e. The lowest BCUT2D eigenvalue weighted by molar-refractivity contribution is -0.122. The summed E-state index contributed by atoms with van der Waals surface area (Å²) in [6.45, 7) is 9.99. The van der Waals surface area contributed by atoms with Crippen molar-refractivity contribution in [2.75, 3.05) is 31.1 Å². The van der Waals surface area contributed by atoms with E-state index in [1.54, 1.807) is 6.20 Å². The van der Waals surface area contributed by atoms with Crippen molar-refractivity contribution < 1.29 is 4.79 Å². The zero-order valence-electron chi connectivity index (χ0n) is 19.5. The van der Waals surface area contributed by atoms with E-state index >= 15 is 0 Å². The van der Waals surface area contributed by atoms with Crippen LogP contribution < -0.4 is 21.3 Å². The van der Waals surface area contributed by atoms with E-state index in [9.17, 15) is 4.79 Å². The number of nitrogens with one attached hydrogen (secondary N) is 2. The number of nitrogens with zero attached hydrogens (tertiary/aromatic N) is 3. The molecular weight excluding hydrogens is 400 g/mol. The molecule has 1 amide bonds. The number of anilines is 1. The van der Waals surface area contributed by atoms with Crippen LogP contribution in [0.3, 0.4) is 0 Å². The molecule has 1 aromatic heterocycles. The Hall–Kier alpha value is -3.09. The number of nitrogens with two attached hydrogens (primary N) is 1. The SMILES string of the molecule is CCNC(=NCc1cccnc1N1CCCC(C(N)=O)C1)NCC(C)c1cccc(C)c1. The normalized spacial score (nSPS) is 17.7. The summed E-state index contributed by atoms with van der Waals surface area (Å²) >= 11 is 0. The van der Waals surface area contributed by atoms with Crippen LogP contribution in [0.1, 0.15) is 49.3 Å². The van der Waals surface area contributed by atoms with Gasteiger partial charge in [0.05, 0.1) is 12.5 Å². The highest BCUT2D eigenvalue weighted by Crippen LogP contribution is 2.25. The molecule has 32 heavy (non-hydrogen) atoms. The van der Waals surface area contributed by atoms with Crippen molar-refractivity contribution in [2.24, 2.45) is 16.6 Å². The number of amides is 1. The largest absolute Gasteiger partial charge is 0.369 e. The predicted octanol–water partition coefficient (Wildman–Crippen LogP) is 2.95. The van der Waals surface area contributed by atoms with Gasteiger partial charge < -0.3 is 21.3 Å². The number of pyridine rings is 1. The Morgan fingerprint density at radius 3 is 2.91 bits per heavy atom. The van der Waals surface area contributed by atoms with E-state index in [2.05, 4.69) is 71.6 Å². The molecule has 1 saturated heterocycles. The molecule has 0 aliphatic carbocycles. The van der Waals surface area contributed by atoms with Crippen LogP contribution in [0.5, 0.6) is 0 Å². The molecular formula is C25H36N6O. The first kappa shape index (κ1) is 23.6. The van der Waals surface area contributed by atoms with Crippen LogP contribution in [0.4, 0.5) is 5.82 Å². The molecule has 172 valence electrons. The number of aryl methyl sites for hydroxylation is 1. The van der Waals surface area contributed by atoms with Crippen molar-refractivity contribution in [1.29, 1.82) is 0 Å². The highest BCUT2D eigenvalue weighted by atomic mass is 16.1. The average molecular weight is 437 g/mol. The molecule has 2 aromatic rings. The van der Waals surface area contributed by atoms with Gasteiger partial charge in [0.25, 0.3) is 0 Å². The van der Waals surface area contributed by atoms with Crippen molar-refractivity contribution in [3.05, 3.63) is 59.3 Å². The molecule has 0 spiro atoms. The summed E-state index contributed by atoms with van der Waals surface area (Å²) in [4.78, 5) is 23.3. The second kappa shape index (κ2) is 11.5. The molecule has 1 aliphatic heterocycles. The van der Waals surface area contributed by atoms with Gasteiger partial charge in [-0.2, -0.15) is 0 Å². The number of primary amides is 1. The zero-order chi connectivity index (χ0) is 22.9. The smallest absolute Gasteiger partial charge is 0.222 e. The number of piperidine rings is 1. The fourth-order valence-corrected chi connectivity index (χ4v) is 4.09. The summed E-state index contributed by atoms with van der Waals surface area (Å²) in [7, 11) is 0. The molecule has 7 heteroatoms. The van der Waals surface area contributed by atoms with Crippen molar-refractivity contribution in [3.63, 3.8) is 0 Å². The van der Waals surface area contributed by atoms with Gasteiger partial charge >= 0.3 is 0 Å². The number of benzene rings is 1. The van der Waals surface area contributed by atoms with Gasteiger partial charge in [-0.1, -0.05) is 42.8 Å². The summed E-state index contributed by atoms with van der Waals surface area (Å²) in [6.07, 6.45) is 3.58. The number of rotatable bonds is 8. The van der Waals surface area contributed by atoms with E-state index in [1.807, 2.05) is 6.07 Å². The van der Waals surface area contributed by atoms with Gasteiger partial charge in [0.1, 0.15) is 5.82 Å². The number of aromatic nitrogens is 1. The molecule has 1 aromatic carbocycles. The van der Waals surface area contributed by atoms with E-state index < -0.39 is 0 Å². The van der Waals surface area contributed by atoms with Gasteiger partial charge in [-0.15, -0.1) is 0 Å². The number of aliphatic imine (C=N–C) groups is 1. The van der Waals surface area contributed by atoms with Gasteiger partial charge in [-0.25, -0.2) is 9.98 Å². The Labute approximate surface area is 191 Å². The van der Waals surface area contributed by atoms with E-state index in [0.29, 0.717) is 19.0 Å². The molecule has 1 fully saturated rings. The van der Waals surface area contributed by atoms with Crippen LogP contribution in [0.25, 0.3) is 0 Å². The minimum atomic E-state index is -0.230. The third-order valence-corrected chi connectivity index (χ3v) is 5.93. The lowest BCUT2D eigenvalue weighted by Gasteiger charge is -2.33. The number of hydrogen-bond acceptors (Lipinski definition) is 4. The predicted molar refractivity (Wildman–Crippen MR) is 131 cm³/mol. The molecule has 2 heterocycles. The molecule has 7 nitrogen and oxygen atoms in total. The molecule has 3 rings (SSSR count). The van der Waals surface area contributed by atoms with Crippen LogP contribution in [0.15, 0.2) is 47.6 Å². The molecule has 4 N–H and O–H groups in total. The Kier molecular flexibility index (Phi) is 8.48. The standard InChI is InChI=1S/C25H36N6O/c1-4-27-25(29-15-19(3)20-9-5-8-18(2)14-20)30-16-21-10-6-12-28-24(21)31-13-7-11-22(17-31)23(26)32/h5-6,8-10,12,14,19,22H,4,7,11,13,15-17H2,1-3H3,(H2,26,32)(H2,27,29,30). The quantitative estimate of drug-likeness (QED) is 0.437. The Morgan fingerprint density at radius 1 is 1.31 bits per heavy atom. The summed E-state index contributed by atoms with van der Waals surface area (Å²) in [5.74, 6) is 1.70. The molecule has 0 bridgehead atoms. The van der Waals surface area contributed by atoms with Crippen LogP contribution >= 0.6 is 0 Å². The van der Waals surface area contributed by atoms with Crippen molar-refractivity contribution >= 4 is 17.7 Å². The Balaban J connectivity index is 1.68. The minimum absolute atomic E-state index is 0.121. The molecule has 2 atom stereocenters. The van der Waals surface area contributed by atoms with Crippen LogP contribution in [-0.2, 0) is 11.3 Å². The second-order valence-corrected chi connectivity index (χ2v) is 8.56. The Morgan fingerprint density at radius 2 is 2.16 bits per heavy atom. The number of guanidine groups is 1. The Bertz CT molecular complexity index is 928. The first-order valence-electron chi connectivity index (χ1n) is 11.5. The molecule has 0 radical (unpaired) electrons. The van der Waals surface area contributed by atoms with Crippen LogP contribution in [0, 0.1) is 12.8 Å². The fourth-order valence-electron chi connectivity index (χ4n) is 4.09. The molecule has 1 aliphatic rings. The number of carbonyl (C=O) groups is 1. The number of carbonyl (C=O) groups excluding carboxylic acids is 1. The van der Waals surface area contributed by atoms with Crippen LogP contribution in [0.2, 0.25) is 0 Å². The monoisotopic (exact) mass is 436 g/mol. The third kappa shape index (κ3) is 6.45. The molecule has 2 unspecified atom stereocenters. The summed E-state index contributed by atoms with van der Waals surface area (Å²) in [5.41, 5.74) is 9.19. The van der Waals surface area contributed by atoms with Gasteiger partial charge in [0, 0.05) is 37.9 Å². The zero-order valence-corrected chi connectivity index (χ0v) is 19.5. The lowest BCUT2D eigenvalue weighted by Crippen LogP contribution is -2.42. The van der Waals surface area contributed by atoms with E-state index in [-0.39, 0.29) is 11.8 Å². The van der Waals surface area contributed by atoms with E-state index in [0.717, 1.165) is 49.8 Å². The summed E-state index contributed by atoms with van der Waals surface area (Å²) in [5, 5.41) is 6.81. The van der Waals surface area contributed by atoms with Crippen LogP contribution in [-0.4, -0.2) is 43.0 Å². The first-order valence-corrected chi connectivity index (χ1v) is 11.5. The maximum absolute atomic E-state index is 11.7. The topological polar surface area (TPSA) is 95.6 Å². The lowest BCUT2D eigenvalue weighted by atomic mass is 9.97. The maximum Gasteiger partial charge on any atom is 0.222 e.